The van der Waals surface area contributed by atoms with Gasteiger partial charge in [0.25, 0.3) is 0 Å². The van der Waals surface area contributed by atoms with Gasteiger partial charge in [-0.2, -0.15) is 10.2 Å². The Balaban J connectivity index is 2.17. The van der Waals surface area contributed by atoms with Crippen molar-refractivity contribution >= 4 is 18.6 Å². The first kappa shape index (κ1) is 12.9. The maximum Gasteiger partial charge on any atom is 0.161 e. The molecular weight excluding hydrogens is 244 g/mol. The largest absolute Gasteiger partial charge is 0.493 e. The van der Waals surface area contributed by atoms with E-state index in [4.69, 9.17) is 15.3 Å². The minimum absolute atomic E-state index is 0.726. The van der Waals surface area contributed by atoms with E-state index in [1.54, 1.807) is 20.4 Å². The first-order valence-corrected chi connectivity index (χ1v) is 5.74. The van der Waals surface area contributed by atoms with Crippen molar-refractivity contribution in [3.63, 3.8) is 0 Å². The van der Waals surface area contributed by atoms with Gasteiger partial charge in [-0.1, -0.05) is 0 Å². The highest BCUT2D eigenvalue weighted by molar-refractivity contribution is 5.90. The fraction of sp³-hybridized carbons (Fsp3) is 0.231. The minimum atomic E-state index is 0.726. The number of hydrogen-bond acceptors (Lipinski definition) is 5. The molecule has 3 N–H and O–H groups in total. The summed E-state index contributed by atoms with van der Waals surface area (Å²) in [6, 6.07) is 3.95. The van der Waals surface area contributed by atoms with E-state index >= 15 is 0 Å². The smallest absolute Gasteiger partial charge is 0.161 e. The number of nitrogens with one attached hydrogen (secondary N) is 1. The number of nitrogens with two attached hydrogens (primary N) is 1. The fourth-order valence-electron chi connectivity index (χ4n) is 1.96. The molecule has 6 nitrogen and oxygen atoms in total. The zero-order chi connectivity index (χ0) is 13.7. The Morgan fingerprint density at radius 3 is 2.68 bits per heavy atom. The molecule has 0 atom stereocenters. The highest BCUT2D eigenvalue weighted by Gasteiger charge is 2.15. The molecule has 0 saturated heterocycles. The number of methoxy groups -OCH3 is 2. The Morgan fingerprint density at radius 2 is 2.00 bits per heavy atom. The van der Waals surface area contributed by atoms with Gasteiger partial charge in [0, 0.05) is 0 Å². The lowest BCUT2D eigenvalue weighted by Gasteiger charge is -2.09. The van der Waals surface area contributed by atoms with Gasteiger partial charge >= 0.3 is 0 Å². The second-order valence-electron chi connectivity index (χ2n) is 3.97. The van der Waals surface area contributed by atoms with Gasteiger partial charge in [0.2, 0.25) is 0 Å². The minimum Gasteiger partial charge on any atom is -0.493 e. The summed E-state index contributed by atoms with van der Waals surface area (Å²) in [5, 5.41) is 7.26. The van der Waals surface area contributed by atoms with Crippen molar-refractivity contribution in [1.82, 2.24) is 5.43 Å². The Hall–Kier alpha value is -2.50. The van der Waals surface area contributed by atoms with Crippen molar-refractivity contribution in [2.75, 3.05) is 14.2 Å². The van der Waals surface area contributed by atoms with Crippen LogP contribution in [0, 0.1) is 0 Å². The predicted octanol–water partition coefficient (Wildman–Crippen LogP) is 1.12. The highest BCUT2D eigenvalue weighted by atomic mass is 16.5. The summed E-state index contributed by atoms with van der Waals surface area (Å²) < 4.78 is 10.6. The second-order valence-corrected chi connectivity index (χ2v) is 3.97. The quantitative estimate of drug-likeness (QED) is 0.360. The van der Waals surface area contributed by atoms with E-state index in [9.17, 15) is 0 Å². The normalized spacial score (nSPS) is 13.7. The molecule has 0 aliphatic heterocycles. The van der Waals surface area contributed by atoms with Crippen molar-refractivity contribution in [2.24, 2.45) is 16.0 Å². The molecule has 0 saturated carbocycles. The average molecular weight is 260 g/mol. The zero-order valence-corrected chi connectivity index (χ0v) is 10.9. The monoisotopic (exact) mass is 260 g/mol. The van der Waals surface area contributed by atoms with E-state index in [0.29, 0.717) is 0 Å². The molecule has 0 fully saturated rings. The first-order valence-electron chi connectivity index (χ1n) is 5.74. The van der Waals surface area contributed by atoms with E-state index in [2.05, 4.69) is 21.7 Å². The lowest BCUT2D eigenvalue weighted by atomic mass is 10.1. The molecule has 1 aliphatic carbocycles. The number of benzene rings is 1. The van der Waals surface area contributed by atoms with Gasteiger partial charge in [0.15, 0.2) is 11.5 Å². The van der Waals surface area contributed by atoms with E-state index < -0.39 is 0 Å². The molecule has 0 bridgehead atoms. The molecule has 100 valence electrons. The van der Waals surface area contributed by atoms with Gasteiger partial charge in [-0.15, -0.1) is 0 Å². The van der Waals surface area contributed by atoms with Crippen LogP contribution in [0.4, 0.5) is 0 Å². The summed E-state index contributed by atoms with van der Waals surface area (Å²) in [6.07, 6.45) is 5.91. The van der Waals surface area contributed by atoms with Crippen molar-refractivity contribution in [1.29, 1.82) is 0 Å². The molecule has 1 aliphatic rings. The highest BCUT2D eigenvalue weighted by Crippen LogP contribution is 2.35. The van der Waals surface area contributed by atoms with Gasteiger partial charge in [0.05, 0.1) is 20.4 Å². The molecule has 19 heavy (non-hydrogen) atoms. The Bertz CT molecular complexity index is 550. The second kappa shape index (κ2) is 5.90. The molecule has 0 heterocycles. The third kappa shape index (κ3) is 2.85. The SMILES string of the molecule is COc1cc2c(cc1OC)CC(C=NNC=NN)=C2. The van der Waals surface area contributed by atoms with Gasteiger partial charge in [-0.3, -0.25) is 5.43 Å². The molecule has 1 aromatic rings. The average Bonchev–Trinajstić information content (AvgIpc) is 2.83. The van der Waals surface area contributed by atoms with E-state index in [1.165, 1.54) is 11.9 Å². The standard InChI is InChI=1S/C13H16N4O2/c1-18-12-5-10-3-9(7-16-17-8-15-14)4-11(10)6-13(12)19-2/h3,5-8H,4,14H2,1-2H3,(H,15,17). The number of rotatable bonds is 5. The lowest BCUT2D eigenvalue weighted by molar-refractivity contribution is 0.354. The molecule has 0 unspecified atom stereocenters. The Kier molecular flexibility index (Phi) is 4.02. The van der Waals surface area contributed by atoms with Gasteiger partial charge < -0.3 is 15.3 Å². The maximum absolute atomic E-state index is 5.28. The van der Waals surface area contributed by atoms with Crippen LogP contribution >= 0.6 is 0 Å². The van der Waals surface area contributed by atoms with Crippen molar-refractivity contribution in [3.8, 4) is 11.5 Å². The summed E-state index contributed by atoms with van der Waals surface area (Å²) in [6.45, 7) is 0. The molecule has 0 radical (unpaired) electrons. The van der Waals surface area contributed by atoms with Crippen LogP contribution < -0.4 is 20.7 Å². The third-order valence-electron chi connectivity index (χ3n) is 2.82. The van der Waals surface area contributed by atoms with Crippen LogP contribution in [-0.4, -0.2) is 26.8 Å². The number of hydrazone groups is 2. The molecule has 0 amide bonds. The van der Waals surface area contributed by atoms with Crippen LogP contribution in [0.25, 0.3) is 6.08 Å². The molecule has 6 heteroatoms. The molecule has 0 aromatic heterocycles. The summed E-state index contributed by atoms with van der Waals surface area (Å²) >= 11 is 0. The first-order chi connectivity index (χ1) is 9.28. The van der Waals surface area contributed by atoms with Crippen LogP contribution in [0.5, 0.6) is 11.5 Å². The number of hydrogen-bond donors (Lipinski definition) is 2. The lowest BCUT2D eigenvalue weighted by Crippen LogP contribution is -2.04. The topological polar surface area (TPSA) is 81.2 Å². The zero-order valence-electron chi connectivity index (χ0n) is 10.9. The van der Waals surface area contributed by atoms with Crippen LogP contribution in [0.3, 0.4) is 0 Å². The summed E-state index contributed by atoms with van der Waals surface area (Å²) in [7, 11) is 3.26. The summed E-state index contributed by atoms with van der Waals surface area (Å²) in [4.78, 5) is 0. The van der Waals surface area contributed by atoms with Crippen molar-refractivity contribution in [3.05, 3.63) is 28.8 Å². The van der Waals surface area contributed by atoms with Crippen LogP contribution in [0.1, 0.15) is 11.1 Å². The maximum atomic E-state index is 5.28. The summed E-state index contributed by atoms with van der Waals surface area (Å²) in [5.74, 6) is 6.41. The summed E-state index contributed by atoms with van der Waals surface area (Å²) in [5.41, 5.74) is 5.99. The van der Waals surface area contributed by atoms with E-state index in [-0.39, 0.29) is 0 Å². The molecule has 1 aromatic carbocycles. The van der Waals surface area contributed by atoms with Crippen LogP contribution in [0.15, 0.2) is 27.9 Å². The van der Waals surface area contributed by atoms with Gasteiger partial charge in [-0.05, 0) is 41.3 Å². The van der Waals surface area contributed by atoms with Gasteiger partial charge in [0.1, 0.15) is 6.34 Å². The number of ether oxygens (including phenoxy) is 2. The predicted molar refractivity (Wildman–Crippen MR) is 75.5 cm³/mol. The van der Waals surface area contributed by atoms with Crippen LogP contribution in [0.2, 0.25) is 0 Å². The fourth-order valence-corrected chi connectivity index (χ4v) is 1.96. The number of allylic oxidation sites excluding steroid dienone is 1. The molecule has 2 rings (SSSR count). The number of nitrogens with zero attached hydrogens (tertiary/aromatic N) is 2. The Morgan fingerprint density at radius 1 is 1.26 bits per heavy atom. The van der Waals surface area contributed by atoms with Crippen molar-refractivity contribution < 1.29 is 9.47 Å². The van der Waals surface area contributed by atoms with E-state index in [0.717, 1.165) is 29.1 Å². The van der Waals surface area contributed by atoms with Gasteiger partial charge in [-0.25, -0.2) is 0 Å². The third-order valence-corrected chi connectivity index (χ3v) is 2.82. The van der Waals surface area contributed by atoms with Crippen LogP contribution in [-0.2, 0) is 6.42 Å². The van der Waals surface area contributed by atoms with E-state index in [1.807, 2.05) is 12.1 Å². The Labute approximate surface area is 111 Å². The number of fused-ring (bicyclic) bond motifs is 1. The molecular formula is C13H16N4O2. The van der Waals surface area contributed by atoms with Crippen molar-refractivity contribution in [2.45, 2.75) is 6.42 Å². The molecule has 0 spiro atoms.